The number of piperidine rings is 1. The summed E-state index contributed by atoms with van der Waals surface area (Å²) in [6.07, 6.45) is 1.34. The minimum Gasteiger partial charge on any atom is -0.313 e. The molecule has 1 rings (SSSR count). The van der Waals surface area contributed by atoms with Crippen LogP contribution in [0.4, 0.5) is 4.39 Å². The molecule has 0 radical (unpaired) electrons. The molecule has 1 unspecified atom stereocenters. The number of carbonyl (C=O) groups is 1. The summed E-state index contributed by atoms with van der Waals surface area (Å²) in [4.78, 5) is 12.0. The van der Waals surface area contributed by atoms with Gasteiger partial charge in [0.1, 0.15) is 0 Å². The molecule has 1 atom stereocenters. The van der Waals surface area contributed by atoms with E-state index in [9.17, 15) is 9.18 Å². The number of hydrogen-bond acceptors (Lipinski definition) is 1. The fourth-order valence-electron chi connectivity index (χ4n) is 1.25. The van der Waals surface area contributed by atoms with Crippen molar-refractivity contribution in [2.75, 3.05) is 6.54 Å². The number of halogens is 1. The fraction of sp³-hybridized carbons (Fsp3) is 0.857. The SMILES string of the molecule is CC(=O)N1CCCCC1F. The van der Waals surface area contributed by atoms with Gasteiger partial charge in [0.2, 0.25) is 5.91 Å². The Morgan fingerprint density at radius 3 is 2.70 bits per heavy atom. The number of nitrogens with zero attached hydrogens (tertiary/aromatic N) is 1. The maximum absolute atomic E-state index is 12.8. The molecular formula is C7H12FNO. The number of carbonyl (C=O) groups excluding carboxylic acids is 1. The fourth-order valence-corrected chi connectivity index (χ4v) is 1.25. The van der Waals surface area contributed by atoms with Crippen molar-refractivity contribution in [3.63, 3.8) is 0 Å². The van der Waals surface area contributed by atoms with Gasteiger partial charge < -0.3 is 4.90 Å². The normalized spacial score (nSPS) is 26.6. The average molecular weight is 145 g/mol. The minimum atomic E-state index is -1.02. The molecular weight excluding hydrogens is 133 g/mol. The van der Waals surface area contributed by atoms with E-state index < -0.39 is 6.30 Å². The molecule has 0 spiro atoms. The molecule has 10 heavy (non-hydrogen) atoms. The molecule has 0 bridgehead atoms. The van der Waals surface area contributed by atoms with Crippen LogP contribution in [-0.2, 0) is 4.79 Å². The Hall–Kier alpha value is -0.600. The van der Waals surface area contributed by atoms with Crippen molar-refractivity contribution in [1.82, 2.24) is 4.90 Å². The van der Waals surface area contributed by atoms with Gasteiger partial charge in [-0.05, 0) is 19.3 Å². The number of rotatable bonds is 0. The second-order valence-corrected chi connectivity index (χ2v) is 2.64. The van der Waals surface area contributed by atoms with E-state index in [1.54, 1.807) is 0 Å². The highest BCUT2D eigenvalue weighted by atomic mass is 19.1. The molecule has 1 heterocycles. The topological polar surface area (TPSA) is 20.3 Å². The van der Waals surface area contributed by atoms with E-state index in [2.05, 4.69) is 0 Å². The highest BCUT2D eigenvalue weighted by Gasteiger charge is 2.22. The highest BCUT2D eigenvalue weighted by Crippen LogP contribution is 2.17. The van der Waals surface area contributed by atoms with E-state index in [1.807, 2.05) is 0 Å². The summed E-state index contributed by atoms with van der Waals surface area (Å²) in [7, 11) is 0. The second-order valence-electron chi connectivity index (χ2n) is 2.64. The first-order valence-electron chi connectivity index (χ1n) is 3.63. The minimum absolute atomic E-state index is 0.146. The van der Waals surface area contributed by atoms with Gasteiger partial charge in [0.05, 0.1) is 0 Å². The van der Waals surface area contributed by atoms with Crippen molar-refractivity contribution in [2.45, 2.75) is 32.5 Å². The van der Waals surface area contributed by atoms with Crippen LogP contribution in [0.5, 0.6) is 0 Å². The predicted molar refractivity (Wildman–Crippen MR) is 36.1 cm³/mol. The second kappa shape index (κ2) is 2.99. The monoisotopic (exact) mass is 145 g/mol. The van der Waals surface area contributed by atoms with Gasteiger partial charge in [0, 0.05) is 13.5 Å². The third kappa shape index (κ3) is 1.46. The Bertz CT molecular complexity index is 138. The number of likely N-dealkylation sites (tertiary alicyclic amines) is 1. The summed E-state index contributed by atoms with van der Waals surface area (Å²) in [6.45, 7) is 2.01. The van der Waals surface area contributed by atoms with E-state index in [4.69, 9.17) is 0 Å². The lowest BCUT2D eigenvalue weighted by atomic mass is 10.1. The first-order valence-corrected chi connectivity index (χ1v) is 3.63. The molecule has 1 fully saturated rings. The largest absolute Gasteiger partial charge is 0.313 e. The summed E-state index contributed by atoms with van der Waals surface area (Å²) >= 11 is 0. The number of hydrogen-bond donors (Lipinski definition) is 0. The summed E-state index contributed by atoms with van der Waals surface area (Å²) in [6, 6.07) is 0. The van der Waals surface area contributed by atoms with Crippen molar-refractivity contribution >= 4 is 5.91 Å². The molecule has 1 aliphatic heterocycles. The predicted octanol–water partition coefficient (Wildman–Crippen LogP) is 1.31. The maximum atomic E-state index is 12.8. The zero-order chi connectivity index (χ0) is 7.56. The molecule has 0 aromatic heterocycles. The molecule has 1 aliphatic rings. The van der Waals surface area contributed by atoms with Crippen LogP contribution in [0.25, 0.3) is 0 Å². The Morgan fingerprint density at radius 1 is 1.60 bits per heavy atom. The van der Waals surface area contributed by atoms with Crippen LogP contribution in [0.2, 0.25) is 0 Å². The van der Waals surface area contributed by atoms with Gasteiger partial charge in [-0.15, -0.1) is 0 Å². The van der Waals surface area contributed by atoms with Gasteiger partial charge in [0.25, 0.3) is 0 Å². The van der Waals surface area contributed by atoms with Gasteiger partial charge in [-0.1, -0.05) is 0 Å². The van der Waals surface area contributed by atoms with Crippen LogP contribution in [0, 0.1) is 0 Å². The zero-order valence-corrected chi connectivity index (χ0v) is 6.14. The van der Waals surface area contributed by atoms with Gasteiger partial charge in [-0.3, -0.25) is 4.79 Å². The van der Waals surface area contributed by atoms with E-state index >= 15 is 0 Å². The Balaban J connectivity index is 2.47. The van der Waals surface area contributed by atoms with Crippen molar-refractivity contribution in [3.05, 3.63) is 0 Å². The summed E-state index contributed by atoms with van der Waals surface area (Å²) in [5.41, 5.74) is 0. The van der Waals surface area contributed by atoms with Crippen LogP contribution >= 0.6 is 0 Å². The molecule has 2 nitrogen and oxygen atoms in total. The Morgan fingerprint density at radius 2 is 2.30 bits per heavy atom. The number of amides is 1. The van der Waals surface area contributed by atoms with Gasteiger partial charge in [-0.25, -0.2) is 4.39 Å². The smallest absolute Gasteiger partial charge is 0.221 e. The average Bonchev–Trinajstić information content (AvgIpc) is 1.88. The van der Waals surface area contributed by atoms with Gasteiger partial charge >= 0.3 is 0 Å². The Labute approximate surface area is 60.0 Å². The first-order chi connectivity index (χ1) is 4.72. The third-order valence-corrected chi connectivity index (χ3v) is 1.83. The highest BCUT2D eigenvalue weighted by molar-refractivity contribution is 5.73. The molecule has 1 amide bonds. The lowest BCUT2D eigenvalue weighted by molar-refractivity contribution is -0.136. The molecule has 58 valence electrons. The van der Waals surface area contributed by atoms with Crippen molar-refractivity contribution < 1.29 is 9.18 Å². The molecule has 1 saturated heterocycles. The van der Waals surface area contributed by atoms with E-state index in [-0.39, 0.29) is 5.91 Å². The third-order valence-electron chi connectivity index (χ3n) is 1.83. The summed E-state index contributed by atoms with van der Waals surface area (Å²) in [5, 5.41) is 0. The lowest BCUT2D eigenvalue weighted by Gasteiger charge is -2.29. The number of alkyl halides is 1. The van der Waals surface area contributed by atoms with Crippen LogP contribution in [0.15, 0.2) is 0 Å². The first kappa shape index (κ1) is 7.51. The Kier molecular flexibility index (Phi) is 2.25. The maximum Gasteiger partial charge on any atom is 0.221 e. The molecule has 0 N–H and O–H groups in total. The van der Waals surface area contributed by atoms with Crippen LogP contribution in [0.1, 0.15) is 26.2 Å². The molecule has 0 aliphatic carbocycles. The van der Waals surface area contributed by atoms with E-state index in [0.717, 1.165) is 12.8 Å². The van der Waals surface area contributed by atoms with E-state index in [1.165, 1.54) is 11.8 Å². The molecule has 3 heteroatoms. The van der Waals surface area contributed by atoms with Crippen molar-refractivity contribution in [2.24, 2.45) is 0 Å². The van der Waals surface area contributed by atoms with Crippen LogP contribution in [0.3, 0.4) is 0 Å². The quantitative estimate of drug-likeness (QED) is 0.471. The van der Waals surface area contributed by atoms with Gasteiger partial charge in [-0.2, -0.15) is 0 Å². The van der Waals surface area contributed by atoms with Crippen LogP contribution in [-0.4, -0.2) is 23.6 Å². The molecule has 0 aromatic carbocycles. The lowest BCUT2D eigenvalue weighted by Crippen LogP contribution is -2.39. The zero-order valence-electron chi connectivity index (χ0n) is 6.14. The summed E-state index contributed by atoms with van der Waals surface area (Å²) < 4.78 is 12.8. The van der Waals surface area contributed by atoms with Crippen molar-refractivity contribution in [3.8, 4) is 0 Å². The van der Waals surface area contributed by atoms with Gasteiger partial charge in [0.15, 0.2) is 6.30 Å². The molecule has 0 aromatic rings. The summed E-state index contributed by atoms with van der Waals surface area (Å²) in [5.74, 6) is -0.146. The van der Waals surface area contributed by atoms with Crippen LogP contribution < -0.4 is 0 Å². The standard InChI is InChI=1S/C7H12FNO/c1-6(10)9-5-3-2-4-7(9)8/h7H,2-5H2,1H3. The van der Waals surface area contributed by atoms with E-state index in [0.29, 0.717) is 13.0 Å². The molecule has 0 saturated carbocycles. The van der Waals surface area contributed by atoms with Crippen molar-refractivity contribution in [1.29, 1.82) is 0 Å².